The smallest absolute Gasteiger partial charge is 0.265 e. The lowest BCUT2D eigenvalue weighted by molar-refractivity contribution is 0.0172. The van der Waals surface area contributed by atoms with Crippen molar-refractivity contribution < 1.29 is 34.2 Å². The van der Waals surface area contributed by atoms with Crippen LogP contribution in [0.1, 0.15) is 36.1 Å². The third-order valence-electron chi connectivity index (χ3n) is 6.18. The van der Waals surface area contributed by atoms with Crippen molar-refractivity contribution in [3.63, 3.8) is 0 Å². The van der Waals surface area contributed by atoms with Gasteiger partial charge in [0.25, 0.3) is 26.1 Å². The molecule has 208 valence electrons. The van der Waals surface area contributed by atoms with E-state index in [0.717, 1.165) is 22.7 Å². The van der Waals surface area contributed by atoms with Gasteiger partial charge in [-0.3, -0.25) is 8.49 Å². The van der Waals surface area contributed by atoms with Gasteiger partial charge >= 0.3 is 0 Å². The summed E-state index contributed by atoms with van der Waals surface area (Å²) < 4.78 is 99.7. The summed E-state index contributed by atoms with van der Waals surface area (Å²) in [5.74, 6) is -3.80. The predicted molar refractivity (Wildman–Crippen MR) is 145 cm³/mol. The highest BCUT2D eigenvalue weighted by molar-refractivity contribution is 7.92. The van der Waals surface area contributed by atoms with Crippen LogP contribution in [0.4, 0.5) is 18.9 Å². The van der Waals surface area contributed by atoms with Crippen LogP contribution in [0.3, 0.4) is 0 Å². The molecule has 1 aliphatic heterocycles. The van der Waals surface area contributed by atoms with Crippen LogP contribution in [-0.2, 0) is 36.7 Å². The van der Waals surface area contributed by atoms with Crippen LogP contribution >= 0.6 is 11.6 Å². The van der Waals surface area contributed by atoms with Crippen molar-refractivity contribution >= 4 is 49.1 Å². The Morgan fingerprint density at radius 3 is 2.41 bits per heavy atom. The Morgan fingerprint density at radius 2 is 1.77 bits per heavy atom. The number of benzene rings is 3. The van der Waals surface area contributed by atoms with Gasteiger partial charge in [0.1, 0.15) is 5.82 Å². The van der Waals surface area contributed by atoms with E-state index in [9.17, 15) is 30.0 Å². The van der Waals surface area contributed by atoms with Crippen LogP contribution in [-0.4, -0.2) is 35.7 Å². The summed E-state index contributed by atoms with van der Waals surface area (Å²) in [6, 6.07) is 13.6. The van der Waals surface area contributed by atoms with E-state index in [4.69, 9.17) is 15.8 Å². The van der Waals surface area contributed by atoms with Crippen LogP contribution in [0.25, 0.3) is 11.6 Å². The van der Waals surface area contributed by atoms with Gasteiger partial charge in [-0.1, -0.05) is 48.0 Å². The molecule has 12 heteroatoms. The molecule has 0 bridgehead atoms. The van der Waals surface area contributed by atoms with Crippen LogP contribution in [0, 0.1) is 5.82 Å². The molecule has 0 spiro atoms. The maximum Gasteiger partial charge on any atom is 0.270 e. The molecule has 1 heterocycles. The second kappa shape index (κ2) is 10.6. The Bertz CT molecular complexity index is 1650. The average Bonchev–Trinajstić information content (AvgIpc) is 2.82. The fraction of sp³-hybridized carbons (Fsp3) is 0.259. The van der Waals surface area contributed by atoms with Gasteiger partial charge in [0.15, 0.2) is 0 Å². The van der Waals surface area contributed by atoms with Crippen molar-refractivity contribution in [3.8, 4) is 0 Å². The average molecular weight is 600 g/mol. The van der Waals surface area contributed by atoms with E-state index < -0.39 is 43.5 Å². The first-order chi connectivity index (χ1) is 18.1. The monoisotopic (exact) mass is 599 g/mol. The molecule has 1 unspecified atom stereocenters. The minimum Gasteiger partial charge on any atom is -0.265 e. The van der Waals surface area contributed by atoms with Gasteiger partial charge in [-0.25, -0.2) is 21.6 Å². The van der Waals surface area contributed by atoms with E-state index in [1.807, 2.05) is 0 Å². The first-order valence-corrected chi connectivity index (χ1v) is 15.3. The summed E-state index contributed by atoms with van der Waals surface area (Å²) in [4.78, 5) is -0.386. The predicted octanol–water partition coefficient (Wildman–Crippen LogP) is 6.25. The zero-order valence-corrected chi connectivity index (χ0v) is 23.5. The molecule has 0 saturated heterocycles. The summed E-state index contributed by atoms with van der Waals surface area (Å²) in [6.07, 6.45) is 1.54. The molecule has 4 rings (SSSR count). The number of fused-ring (bicyclic) bond motifs is 1. The Morgan fingerprint density at radius 1 is 1.08 bits per heavy atom. The number of anilines is 1. The summed E-state index contributed by atoms with van der Waals surface area (Å²) in [6.45, 7) is 1.94. The molecular formula is C27H25ClF3NO5S2. The van der Waals surface area contributed by atoms with Gasteiger partial charge in [-0.05, 0) is 54.0 Å². The summed E-state index contributed by atoms with van der Waals surface area (Å²) >= 11 is 6.19. The van der Waals surface area contributed by atoms with E-state index in [1.165, 1.54) is 24.3 Å². The number of halogens is 4. The first kappa shape index (κ1) is 29.1. The number of allylic oxidation sites excluding steroid dienone is 1. The molecule has 39 heavy (non-hydrogen) atoms. The molecule has 3 aromatic rings. The molecule has 0 amide bonds. The number of rotatable bonds is 7. The van der Waals surface area contributed by atoms with E-state index >= 15 is 0 Å². The number of hydrogen-bond donors (Lipinski definition) is 0. The molecule has 0 radical (unpaired) electrons. The first-order valence-electron chi connectivity index (χ1n) is 11.7. The van der Waals surface area contributed by atoms with Crippen LogP contribution in [0.5, 0.6) is 0 Å². The highest BCUT2D eigenvalue weighted by Crippen LogP contribution is 2.37. The molecule has 1 aliphatic rings. The molecule has 0 N–H and O–H groups in total. The summed E-state index contributed by atoms with van der Waals surface area (Å²) in [5.41, 5.74) is 1.40. The quantitative estimate of drug-likeness (QED) is 0.237. The highest BCUT2D eigenvalue weighted by Gasteiger charge is 2.36. The molecule has 0 saturated carbocycles. The Kier molecular flexibility index (Phi) is 7.92. The molecule has 1 atom stereocenters. The van der Waals surface area contributed by atoms with E-state index in [0.29, 0.717) is 23.6 Å². The fourth-order valence-electron chi connectivity index (χ4n) is 4.46. The minimum absolute atomic E-state index is 0.0869. The van der Waals surface area contributed by atoms with Gasteiger partial charge in [0.2, 0.25) is 0 Å². The molecule has 3 aromatic carbocycles. The lowest BCUT2D eigenvalue weighted by Crippen LogP contribution is -2.44. The van der Waals surface area contributed by atoms with Crippen molar-refractivity contribution in [1.29, 1.82) is 0 Å². The molecule has 0 aliphatic carbocycles. The molecule has 0 aromatic heterocycles. The minimum atomic E-state index is -4.43. The standard InChI is InChI=1S/C27H25ClF3NO5S2/c1-17(26-23(28)8-5-9-24(26)29)12-18-10-11-19-14-21(37-38(3,33)34)16-32(25(19)13-18)39(35,36)22-7-4-6-20(15-22)27(2,30)31/h4-13,15,21H,14,16H2,1-3H3. The number of nitrogens with zero attached hydrogens (tertiary/aromatic N) is 1. The Hall–Kier alpha value is -2.86. The van der Waals surface area contributed by atoms with Crippen molar-refractivity contribution in [2.75, 3.05) is 17.1 Å². The molecule has 6 nitrogen and oxygen atoms in total. The van der Waals surface area contributed by atoms with Gasteiger partial charge < -0.3 is 0 Å². The van der Waals surface area contributed by atoms with Crippen molar-refractivity contribution in [2.24, 2.45) is 0 Å². The molecule has 0 fully saturated rings. The largest absolute Gasteiger partial charge is 0.270 e. The van der Waals surface area contributed by atoms with Crippen molar-refractivity contribution in [3.05, 3.63) is 93.8 Å². The van der Waals surface area contributed by atoms with Crippen LogP contribution in [0.2, 0.25) is 5.02 Å². The maximum atomic E-state index is 14.4. The lowest BCUT2D eigenvalue weighted by atomic mass is 9.97. The van der Waals surface area contributed by atoms with Crippen molar-refractivity contribution in [2.45, 2.75) is 37.2 Å². The second-order valence-corrected chi connectivity index (χ2v) is 13.3. The fourth-order valence-corrected chi connectivity index (χ4v) is 6.97. The topological polar surface area (TPSA) is 80.8 Å². The zero-order valence-electron chi connectivity index (χ0n) is 21.2. The van der Waals surface area contributed by atoms with Gasteiger partial charge in [-0.2, -0.15) is 8.42 Å². The third-order valence-corrected chi connectivity index (χ3v) is 8.89. The Balaban J connectivity index is 1.83. The number of alkyl halides is 2. The third kappa shape index (κ3) is 6.49. The zero-order chi connectivity index (χ0) is 28.8. The summed E-state index contributed by atoms with van der Waals surface area (Å²) in [7, 11) is -8.36. The summed E-state index contributed by atoms with van der Waals surface area (Å²) in [5, 5.41) is 0.208. The van der Waals surface area contributed by atoms with E-state index in [1.54, 1.807) is 37.3 Å². The normalized spacial score (nSPS) is 16.7. The number of hydrogen-bond acceptors (Lipinski definition) is 5. The van der Waals surface area contributed by atoms with Gasteiger partial charge in [0.05, 0.1) is 34.5 Å². The van der Waals surface area contributed by atoms with Crippen molar-refractivity contribution in [1.82, 2.24) is 0 Å². The number of sulfonamides is 1. The van der Waals surface area contributed by atoms with Gasteiger partial charge in [0, 0.05) is 24.5 Å². The SMILES string of the molecule is CC(=Cc1ccc2c(c1)N(S(=O)(=O)c1cccc(C(C)(F)F)c1)CC(OS(C)(=O)=O)C2)c1c(F)cccc1Cl. The van der Waals surface area contributed by atoms with Crippen LogP contribution < -0.4 is 4.31 Å². The lowest BCUT2D eigenvalue weighted by Gasteiger charge is -2.35. The highest BCUT2D eigenvalue weighted by atomic mass is 35.5. The Labute approximate surface area is 230 Å². The van der Waals surface area contributed by atoms with Crippen LogP contribution in [0.15, 0.2) is 65.6 Å². The van der Waals surface area contributed by atoms with Gasteiger partial charge in [-0.15, -0.1) is 0 Å². The van der Waals surface area contributed by atoms with E-state index in [-0.39, 0.29) is 34.1 Å². The van der Waals surface area contributed by atoms with E-state index in [2.05, 4.69) is 0 Å². The maximum absolute atomic E-state index is 14.4. The second-order valence-electron chi connectivity index (χ2n) is 9.39. The molecular weight excluding hydrogens is 575 g/mol.